The van der Waals surface area contributed by atoms with E-state index in [0.717, 1.165) is 12.1 Å². The van der Waals surface area contributed by atoms with Gasteiger partial charge >= 0.3 is 5.97 Å². The second-order valence-corrected chi connectivity index (χ2v) is 6.53. The third kappa shape index (κ3) is 4.98. The zero-order valence-electron chi connectivity index (χ0n) is 14.4. The molecule has 0 spiro atoms. The van der Waals surface area contributed by atoms with E-state index in [1.807, 2.05) is 0 Å². The summed E-state index contributed by atoms with van der Waals surface area (Å²) in [5.74, 6) is -1.58. The van der Waals surface area contributed by atoms with Crippen LogP contribution in [-0.4, -0.2) is 27.6 Å². The summed E-state index contributed by atoms with van der Waals surface area (Å²) in [5.41, 5.74) is -0.495. The van der Waals surface area contributed by atoms with Crippen LogP contribution in [0.25, 0.3) is 5.76 Å². The maximum absolute atomic E-state index is 12.4. The molecule has 0 aliphatic heterocycles. The molecule has 0 aliphatic carbocycles. The number of nitrogens with zero attached hydrogens (tertiary/aromatic N) is 1. The Bertz CT molecular complexity index is 964. The molecule has 0 saturated heterocycles. The molecule has 2 rings (SSSR count). The summed E-state index contributed by atoms with van der Waals surface area (Å²) in [5, 5.41) is 24.3. The van der Waals surface area contributed by atoms with E-state index in [1.54, 1.807) is 37.3 Å². The molecule has 10 heteroatoms. The first-order valence-electron chi connectivity index (χ1n) is 7.86. The van der Waals surface area contributed by atoms with Crippen molar-refractivity contribution in [2.24, 2.45) is 0 Å². The van der Waals surface area contributed by atoms with Gasteiger partial charge in [0.15, 0.2) is 0 Å². The van der Waals surface area contributed by atoms with Crippen molar-refractivity contribution < 1.29 is 19.6 Å². The fourth-order valence-electron chi connectivity index (χ4n) is 2.21. The molecule has 28 heavy (non-hydrogen) atoms. The van der Waals surface area contributed by atoms with Gasteiger partial charge in [-0.3, -0.25) is 10.1 Å². The molecular weight excluding hydrogens is 427 g/mol. The average Bonchev–Trinajstić information content (AvgIpc) is 2.62. The Labute approximate surface area is 175 Å². The smallest absolute Gasteiger partial charge is 0.344 e. The largest absolute Gasteiger partial charge is 0.506 e. The molecule has 0 unspecified atom stereocenters. The number of para-hydroxylation sites is 1. The van der Waals surface area contributed by atoms with Gasteiger partial charge in [0.05, 0.1) is 16.6 Å². The Hall–Kier alpha value is -2.68. The van der Waals surface area contributed by atoms with Crippen LogP contribution in [0.15, 0.2) is 48.0 Å². The summed E-state index contributed by atoms with van der Waals surface area (Å²) in [6.45, 7) is 1.61. The highest BCUT2D eigenvalue weighted by atomic mass is 35.5. The minimum Gasteiger partial charge on any atom is -0.506 e. The van der Waals surface area contributed by atoms with E-state index in [0.29, 0.717) is 5.69 Å². The number of thiocarbonyl (C=S) groups is 1. The van der Waals surface area contributed by atoms with Crippen LogP contribution in [0.5, 0.6) is 0 Å². The second-order valence-electron chi connectivity index (χ2n) is 5.30. The molecule has 0 aromatic heterocycles. The maximum atomic E-state index is 12.4. The molecule has 0 fully saturated rings. The summed E-state index contributed by atoms with van der Waals surface area (Å²) < 4.78 is 4.96. The molecule has 0 amide bonds. The molecule has 0 bridgehead atoms. The lowest BCUT2D eigenvalue weighted by Crippen LogP contribution is -2.22. The number of carbonyl (C=O) groups excluding carboxylic acids is 1. The predicted molar refractivity (Wildman–Crippen MR) is 112 cm³/mol. The number of nitro groups is 1. The number of hydrogen-bond donors (Lipinski definition) is 2. The number of anilines is 1. The van der Waals surface area contributed by atoms with E-state index < -0.39 is 22.3 Å². The van der Waals surface area contributed by atoms with E-state index in [4.69, 9.17) is 40.2 Å². The van der Waals surface area contributed by atoms with Crippen LogP contribution < -0.4 is 5.32 Å². The van der Waals surface area contributed by atoms with E-state index >= 15 is 0 Å². The Balaban J connectivity index is 2.59. The van der Waals surface area contributed by atoms with Gasteiger partial charge in [-0.05, 0) is 25.1 Å². The van der Waals surface area contributed by atoms with Crippen LogP contribution in [0.2, 0.25) is 10.0 Å². The van der Waals surface area contributed by atoms with Crippen LogP contribution in [0.3, 0.4) is 0 Å². The summed E-state index contributed by atoms with van der Waals surface area (Å²) in [6.07, 6.45) is 0. The molecule has 0 radical (unpaired) electrons. The van der Waals surface area contributed by atoms with Crippen molar-refractivity contribution in [2.75, 3.05) is 11.9 Å². The monoisotopic (exact) mass is 440 g/mol. The number of benzene rings is 2. The van der Waals surface area contributed by atoms with Crippen LogP contribution in [0, 0.1) is 10.1 Å². The van der Waals surface area contributed by atoms with Crippen molar-refractivity contribution in [3.63, 3.8) is 0 Å². The number of esters is 1. The van der Waals surface area contributed by atoms with Gasteiger partial charge in [-0.2, -0.15) is 0 Å². The van der Waals surface area contributed by atoms with Gasteiger partial charge in [0.1, 0.15) is 21.3 Å². The lowest BCUT2D eigenvalue weighted by molar-refractivity contribution is -0.384. The SMILES string of the molecule is CCOC(=O)C(C(=S)Nc1ccccc1)=C(O)c1cc([N+](=O)[O-])c(Cl)cc1Cl. The number of aliphatic hydroxyl groups is 1. The Kier molecular flexibility index (Phi) is 7.33. The number of carbonyl (C=O) groups is 1. The van der Waals surface area contributed by atoms with Crippen LogP contribution >= 0.6 is 35.4 Å². The fraction of sp³-hybridized carbons (Fsp3) is 0.111. The van der Waals surface area contributed by atoms with Crippen molar-refractivity contribution in [2.45, 2.75) is 6.92 Å². The van der Waals surface area contributed by atoms with Crippen LogP contribution in [-0.2, 0) is 9.53 Å². The minimum atomic E-state index is -0.915. The first kappa shape index (κ1) is 21.6. The molecule has 146 valence electrons. The lowest BCUT2D eigenvalue weighted by atomic mass is 10.1. The third-order valence-electron chi connectivity index (χ3n) is 3.46. The topological polar surface area (TPSA) is 102 Å². The first-order chi connectivity index (χ1) is 13.3. The first-order valence-corrected chi connectivity index (χ1v) is 9.03. The molecule has 0 atom stereocenters. The standard InChI is InChI=1S/C18H14Cl2N2O5S/c1-2-27-18(24)15(17(28)21-10-6-4-3-5-7-10)16(23)11-8-14(22(25)26)13(20)9-12(11)19/h3-9,23H,2H2,1H3,(H,21,28). The summed E-state index contributed by atoms with van der Waals surface area (Å²) >= 11 is 17.1. The molecule has 0 heterocycles. The van der Waals surface area contributed by atoms with Crippen molar-refractivity contribution in [3.8, 4) is 0 Å². The number of halogens is 2. The summed E-state index contributed by atoms with van der Waals surface area (Å²) in [7, 11) is 0. The molecular formula is C18H14Cl2N2O5S. The van der Waals surface area contributed by atoms with Crippen molar-refractivity contribution in [1.82, 2.24) is 0 Å². The molecule has 2 N–H and O–H groups in total. The Morgan fingerprint density at radius 3 is 2.46 bits per heavy atom. The summed E-state index contributed by atoms with van der Waals surface area (Å²) in [4.78, 5) is 22.7. The number of rotatable bonds is 6. The van der Waals surface area contributed by atoms with Gasteiger partial charge in [0.2, 0.25) is 0 Å². The highest BCUT2D eigenvalue weighted by Crippen LogP contribution is 2.35. The van der Waals surface area contributed by atoms with Crippen molar-refractivity contribution in [3.05, 3.63) is 73.8 Å². The molecule has 0 aliphatic rings. The van der Waals surface area contributed by atoms with Gasteiger partial charge in [0.25, 0.3) is 5.69 Å². The molecule has 7 nitrogen and oxygen atoms in total. The molecule has 2 aromatic rings. The maximum Gasteiger partial charge on any atom is 0.344 e. The van der Waals surface area contributed by atoms with Crippen LogP contribution in [0.1, 0.15) is 12.5 Å². The van der Waals surface area contributed by atoms with Gasteiger partial charge in [-0.1, -0.05) is 53.6 Å². The highest BCUT2D eigenvalue weighted by Gasteiger charge is 2.26. The Morgan fingerprint density at radius 1 is 1.25 bits per heavy atom. The number of hydrogen-bond acceptors (Lipinski definition) is 6. The third-order valence-corrected chi connectivity index (χ3v) is 4.39. The van der Waals surface area contributed by atoms with Gasteiger partial charge in [0, 0.05) is 17.3 Å². The fourth-order valence-corrected chi connectivity index (χ4v) is 3.05. The average molecular weight is 441 g/mol. The van der Waals surface area contributed by atoms with E-state index in [-0.39, 0.29) is 32.8 Å². The highest BCUT2D eigenvalue weighted by molar-refractivity contribution is 7.81. The Morgan fingerprint density at radius 2 is 1.89 bits per heavy atom. The minimum absolute atomic E-state index is 0.0259. The molecule has 0 saturated carbocycles. The quantitative estimate of drug-likeness (QED) is 0.159. The van der Waals surface area contributed by atoms with E-state index in [9.17, 15) is 20.0 Å². The van der Waals surface area contributed by atoms with Crippen LogP contribution in [0.4, 0.5) is 11.4 Å². The zero-order valence-corrected chi connectivity index (χ0v) is 16.8. The molecule has 2 aromatic carbocycles. The second kappa shape index (κ2) is 9.50. The van der Waals surface area contributed by atoms with E-state index in [1.165, 1.54) is 0 Å². The van der Waals surface area contributed by atoms with Gasteiger partial charge in [-0.15, -0.1) is 0 Å². The van der Waals surface area contributed by atoms with Crippen molar-refractivity contribution >= 4 is 63.5 Å². The van der Waals surface area contributed by atoms with Gasteiger partial charge < -0.3 is 15.2 Å². The predicted octanol–water partition coefficient (Wildman–Crippen LogP) is 5.17. The van der Waals surface area contributed by atoms with Crippen molar-refractivity contribution in [1.29, 1.82) is 0 Å². The number of nitro benzene ring substituents is 1. The summed E-state index contributed by atoms with van der Waals surface area (Å²) in [6, 6.07) is 10.8. The van der Waals surface area contributed by atoms with E-state index in [2.05, 4.69) is 5.32 Å². The lowest BCUT2D eigenvalue weighted by Gasteiger charge is -2.14. The number of aliphatic hydroxyl groups excluding tert-OH is 1. The zero-order chi connectivity index (χ0) is 20.8. The normalized spacial score (nSPS) is 11.4. The number of nitrogens with one attached hydrogen (secondary N) is 1. The number of ether oxygens (including phenoxy) is 1. The van der Waals surface area contributed by atoms with Gasteiger partial charge in [-0.25, -0.2) is 4.79 Å².